The smallest absolute Gasteiger partial charge is 0.336 e. The van der Waals surface area contributed by atoms with Crippen LogP contribution in [0.1, 0.15) is 17.3 Å². The molecule has 3 aromatic rings. The number of methoxy groups -OCH3 is 1. The molecule has 5 nitrogen and oxygen atoms in total. The number of rotatable bonds is 5. The highest BCUT2D eigenvalue weighted by molar-refractivity contribution is 6.04. The maximum Gasteiger partial charge on any atom is 0.336 e. The summed E-state index contributed by atoms with van der Waals surface area (Å²) in [5.41, 5.74) is 2.21. The molecule has 3 rings (SSSR count). The zero-order valence-electron chi connectivity index (χ0n) is 13.4. The highest BCUT2D eigenvalue weighted by Gasteiger charge is 2.13. The van der Waals surface area contributed by atoms with Crippen molar-refractivity contribution in [1.29, 1.82) is 0 Å². The van der Waals surface area contributed by atoms with Gasteiger partial charge >= 0.3 is 5.97 Å². The first kappa shape index (κ1) is 15.8. The third kappa shape index (κ3) is 3.01. The molecule has 0 amide bonds. The van der Waals surface area contributed by atoms with Gasteiger partial charge in [0.15, 0.2) is 0 Å². The van der Waals surface area contributed by atoms with E-state index in [0.717, 1.165) is 11.3 Å². The summed E-state index contributed by atoms with van der Waals surface area (Å²) in [6.45, 7) is 2.52. The maximum absolute atomic E-state index is 11.6. The molecule has 5 heteroatoms. The van der Waals surface area contributed by atoms with E-state index in [-0.39, 0.29) is 5.56 Å². The lowest BCUT2D eigenvalue weighted by molar-refractivity contribution is 0.0699. The minimum atomic E-state index is -0.986. The van der Waals surface area contributed by atoms with E-state index in [1.165, 1.54) is 0 Å². The van der Waals surface area contributed by atoms with E-state index in [9.17, 15) is 9.90 Å². The molecule has 0 saturated heterocycles. The van der Waals surface area contributed by atoms with Crippen molar-refractivity contribution >= 4 is 16.9 Å². The number of carboxylic acid groups (broad SMARTS) is 1. The lowest BCUT2D eigenvalue weighted by atomic mass is 10.0. The summed E-state index contributed by atoms with van der Waals surface area (Å²) in [4.78, 5) is 16.2. The van der Waals surface area contributed by atoms with Crippen LogP contribution in [0.15, 0.2) is 48.5 Å². The number of nitrogens with zero attached hydrogens (tertiary/aromatic N) is 1. The fourth-order valence-electron chi connectivity index (χ4n) is 2.55. The Morgan fingerprint density at radius 1 is 1.08 bits per heavy atom. The third-order valence-electron chi connectivity index (χ3n) is 3.71. The monoisotopic (exact) mass is 323 g/mol. The number of hydrogen-bond donors (Lipinski definition) is 1. The average molecular weight is 323 g/mol. The maximum atomic E-state index is 11.6. The zero-order valence-corrected chi connectivity index (χ0v) is 13.4. The first-order chi connectivity index (χ1) is 11.6. The lowest BCUT2D eigenvalue weighted by Gasteiger charge is -2.09. The molecule has 0 fully saturated rings. The van der Waals surface area contributed by atoms with Crippen molar-refractivity contribution in [2.45, 2.75) is 6.92 Å². The Morgan fingerprint density at radius 3 is 2.42 bits per heavy atom. The van der Waals surface area contributed by atoms with E-state index in [0.29, 0.717) is 29.0 Å². The van der Waals surface area contributed by atoms with E-state index in [1.54, 1.807) is 31.4 Å². The first-order valence-electron chi connectivity index (χ1n) is 7.57. The number of benzene rings is 2. The Hall–Kier alpha value is -3.08. The zero-order chi connectivity index (χ0) is 17.1. The van der Waals surface area contributed by atoms with Gasteiger partial charge in [-0.3, -0.25) is 0 Å². The molecule has 0 radical (unpaired) electrons. The Morgan fingerprint density at radius 2 is 1.79 bits per heavy atom. The third-order valence-corrected chi connectivity index (χ3v) is 3.71. The standard InChI is InChI=1S/C19H17NO4/c1-3-24-13-6-4-12(5-7-13)17-11-16(19(21)22)15-9-8-14(23-2)10-18(15)20-17/h4-11H,3H2,1-2H3,(H,21,22). The van der Waals surface area contributed by atoms with Crippen LogP contribution < -0.4 is 9.47 Å². The minimum Gasteiger partial charge on any atom is -0.497 e. The van der Waals surface area contributed by atoms with Gasteiger partial charge in [0.2, 0.25) is 0 Å². The molecule has 0 aliphatic rings. The Bertz CT molecular complexity index is 888. The summed E-state index contributed by atoms with van der Waals surface area (Å²) >= 11 is 0. The summed E-state index contributed by atoms with van der Waals surface area (Å²) in [7, 11) is 1.57. The van der Waals surface area contributed by atoms with Crippen LogP contribution in [0.5, 0.6) is 11.5 Å². The van der Waals surface area contributed by atoms with Gasteiger partial charge in [-0.1, -0.05) is 0 Å². The molecule has 0 aliphatic heterocycles. The normalized spacial score (nSPS) is 10.6. The second kappa shape index (κ2) is 6.58. The molecule has 0 aliphatic carbocycles. The number of fused-ring (bicyclic) bond motifs is 1. The summed E-state index contributed by atoms with van der Waals surface area (Å²) < 4.78 is 10.6. The average Bonchev–Trinajstić information content (AvgIpc) is 2.61. The fourth-order valence-corrected chi connectivity index (χ4v) is 2.55. The fraction of sp³-hybridized carbons (Fsp3) is 0.158. The van der Waals surface area contributed by atoms with Crippen molar-refractivity contribution in [3.05, 3.63) is 54.1 Å². The predicted molar refractivity (Wildman–Crippen MR) is 91.9 cm³/mol. The topological polar surface area (TPSA) is 68.7 Å². The van der Waals surface area contributed by atoms with Crippen LogP contribution >= 0.6 is 0 Å². The van der Waals surface area contributed by atoms with E-state index >= 15 is 0 Å². The molecule has 1 heterocycles. The second-order valence-electron chi connectivity index (χ2n) is 5.20. The van der Waals surface area contributed by atoms with Gasteiger partial charge in [0.25, 0.3) is 0 Å². The van der Waals surface area contributed by atoms with Crippen molar-refractivity contribution in [3.8, 4) is 22.8 Å². The molecule has 122 valence electrons. The highest BCUT2D eigenvalue weighted by atomic mass is 16.5. The molecule has 1 N–H and O–H groups in total. The van der Waals surface area contributed by atoms with E-state index < -0.39 is 5.97 Å². The Balaban J connectivity index is 2.14. The number of carbonyl (C=O) groups is 1. The number of hydrogen-bond acceptors (Lipinski definition) is 4. The minimum absolute atomic E-state index is 0.214. The van der Waals surface area contributed by atoms with Crippen molar-refractivity contribution in [3.63, 3.8) is 0 Å². The number of carboxylic acids is 1. The molecule has 2 aromatic carbocycles. The van der Waals surface area contributed by atoms with Gasteiger partial charge in [0.1, 0.15) is 11.5 Å². The van der Waals surface area contributed by atoms with E-state index in [1.807, 2.05) is 31.2 Å². The van der Waals surface area contributed by atoms with E-state index in [4.69, 9.17) is 9.47 Å². The van der Waals surface area contributed by atoms with Gasteiger partial charge in [0, 0.05) is 17.0 Å². The van der Waals surface area contributed by atoms with Crippen LogP contribution in [-0.4, -0.2) is 29.8 Å². The number of pyridine rings is 1. The quantitative estimate of drug-likeness (QED) is 0.768. The number of ether oxygens (including phenoxy) is 2. The molecule has 0 saturated carbocycles. The molecule has 0 unspecified atom stereocenters. The molecular weight excluding hydrogens is 306 g/mol. The van der Waals surface area contributed by atoms with Gasteiger partial charge in [0.05, 0.1) is 30.5 Å². The molecular formula is C19H17NO4. The van der Waals surface area contributed by atoms with E-state index in [2.05, 4.69) is 4.98 Å². The molecule has 24 heavy (non-hydrogen) atoms. The SMILES string of the molecule is CCOc1ccc(-c2cc(C(=O)O)c3ccc(OC)cc3n2)cc1. The highest BCUT2D eigenvalue weighted by Crippen LogP contribution is 2.28. The summed E-state index contributed by atoms with van der Waals surface area (Å²) in [5, 5.41) is 10.1. The van der Waals surface area contributed by atoms with Gasteiger partial charge in [-0.15, -0.1) is 0 Å². The van der Waals surface area contributed by atoms with Crippen LogP contribution in [0.3, 0.4) is 0 Å². The van der Waals surface area contributed by atoms with Crippen molar-refractivity contribution in [2.75, 3.05) is 13.7 Å². The van der Waals surface area contributed by atoms with Crippen LogP contribution in [0.4, 0.5) is 0 Å². The summed E-state index contributed by atoms with van der Waals surface area (Å²) in [6.07, 6.45) is 0. The largest absolute Gasteiger partial charge is 0.497 e. The lowest BCUT2D eigenvalue weighted by Crippen LogP contribution is -2.00. The van der Waals surface area contributed by atoms with Crippen molar-refractivity contribution in [1.82, 2.24) is 4.98 Å². The molecule has 1 aromatic heterocycles. The van der Waals surface area contributed by atoms with Gasteiger partial charge < -0.3 is 14.6 Å². The number of aromatic nitrogens is 1. The summed E-state index contributed by atoms with van der Waals surface area (Å²) in [5.74, 6) is 0.414. The molecule has 0 atom stereocenters. The van der Waals surface area contributed by atoms with Crippen LogP contribution in [0.2, 0.25) is 0 Å². The Kier molecular flexibility index (Phi) is 4.33. The molecule has 0 spiro atoms. The summed E-state index contributed by atoms with van der Waals surface area (Å²) in [6, 6.07) is 14.2. The van der Waals surface area contributed by atoms with Crippen LogP contribution in [0.25, 0.3) is 22.2 Å². The Labute approximate surface area is 139 Å². The van der Waals surface area contributed by atoms with Gasteiger partial charge in [-0.25, -0.2) is 9.78 Å². The second-order valence-corrected chi connectivity index (χ2v) is 5.20. The van der Waals surface area contributed by atoms with Gasteiger partial charge in [-0.2, -0.15) is 0 Å². The van der Waals surface area contributed by atoms with Gasteiger partial charge in [-0.05, 0) is 49.4 Å². The first-order valence-corrected chi connectivity index (χ1v) is 7.57. The van der Waals surface area contributed by atoms with Crippen molar-refractivity contribution < 1.29 is 19.4 Å². The molecule has 0 bridgehead atoms. The van der Waals surface area contributed by atoms with Crippen molar-refractivity contribution in [2.24, 2.45) is 0 Å². The predicted octanol–water partition coefficient (Wildman–Crippen LogP) is 4.01. The van der Waals surface area contributed by atoms with Crippen LogP contribution in [0, 0.1) is 0 Å². The van der Waals surface area contributed by atoms with Crippen LogP contribution in [-0.2, 0) is 0 Å². The number of aromatic carboxylic acids is 1.